The van der Waals surface area contributed by atoms with Gasteiger partial charge in [-0.1, -0.05) is 0 Å². The van der Waals surface area contributed by atoms with Crippen LogP contribution in [-0.2, 0) is 0 Å². The number of hydrogen-bond donors (Lipinski definition) is 0. The molecule has 0 saturated carbocycles. The Morgan fingerprint density at radius 2 is 1.08 bits per heavy atom. The van der Waals surface area contributed by atoms with Gasteiger partial charge in [0.05, 0.1) is 26.7 Å². The molecule has 0 radical (unpaired) electrons. The molecule has 2 fully saturated rings. The lowest BCUT2D eigenvalue weighted by atomic mass is 10.1. The zero-order valence-corrected chi connectivity index (χ0v) is 18.4. The highest BCUT2D eigenvalue weighted by Gasteiger charge is 2.25. The molecule has 150 valence electrons. The Balaban J connectivity index is 0.000000251. The molecular weight excluding hydrogens is 312 g/mol. The molecule has 0 atom stereocenters. The van der Waals surface area contributed by atoms with E-state index in [4.69, 9.17) is 0 Å². The molecular formula is C19H44N6. The summed E-state index contributed by atoms with van der Waals surface area (Å²) in [6, 6.07) is 0.666. The molecule has 25 heavy (non-hydrogen) atoms. The second kappa shape index (κ2) is 10.2. The van der Waals surface area contributed by atoms with Gasteiger partial charge in [-0.25, -0.2) is 0 Å². The van der Waals surface area contributed by atoms with E-state index in [1.54, 1.807) is 0 Å². The maximum Gasteiger partial charge on any atom is 0.0520 e. The van der Waals surface area contributed by atoms with E-state index >= 15 is 0 Å². The van der Waals surface area contributed by atoms with E-state index in [1.807, 2.05) is 0 Å². The Morgan fingerprint density at radius 3 is 1.56 bits per heavy atom. The van der Waals surface area contributed by atoms with Gasteiger partial charge >= 0.3 is 0 Å². The quantitative estimate of drug-likeness (QED) is 0.702. The summed E-state index contributed by atoms with van der Waals surface area (Å²) in [6.45, 7) is 20.4. The van der Waals surface area contributed by atoms with E-state index in [0.29, 0.717) is 11.6 Å². The molecule has 2 saturated heterocycles. The highest BCUT2D eigenvalue weighted by molar-refractivity contribution is 4.78. The summed E-state index contributed by atoms with van der Waals surface area (Å²) in [4.78, 5) is 14.5. The van der Waals surface area contributed by atoms with Crippen LogP contribution in [0.4, 0.5) is 0 Å². The largest absolute Gasteiger partial charge is 0.292 e. The molecule has 2 heterocycles. The predicted molar refractivity (Wildman–Crippen MR) is 109 cm³/mol. The lowest BCUT2D eigenvalue weighted by molar-refractivity contribution is 0.0856. The van der Waals surface area contributed by atoms with Gasteiger partial charge in [-0.2, -0.15) is 0 Å². The topological polar surface area (TPSA) is 19.4 Å². The molecule has 0 N–H and O–H groups in total. The van der Waals surface area contributed by atoms with Crippen molar-refractivity contribution in [1.29, 1.82) is 0 Å². The van der Waals surface area contributed by atoms with Crippen molar-refractivity contribution in [2.24, 2.45) is 0 Å². The smallest absolute Gasteiger partial charge is 0.0520 e. The number of hydrogen-bond acceptors (Lipinski definition) is 6. The first-order valence-electron chi connectivity index (χ1n) is 9.72. The van der Waals surface area contributed by atoms with Crippen molar-refractivity contribution in [1.82, 2.24) is 29.4 Å². The van der Waals surface area contributed by atoms with Gasteiger partial charge in [0.15, 0.2) is 0 Å². The molecule has 0 aliphatic carbocycles. The summed E-state index contributed by atoms with van der Waals surface area (Å²) in [5, 5.41) is 0. The zero-order chi connectivity index (χ0) is 19.2. The number of rotatable bonds is 1. The van der Waals surface area contributed by atoms with Gasteiger partial charge in [0.2, 0.25) is 0 Å². The average molecular weight is 357 g/mol. The normalized spacial score (nSPS) is 24.7. The second-order valence-corrected chi connectivity index (χ2v) is 9.28. The van der Waals surface area contributed by atoms with Gasteiger partial charge in [-0.05, 0) is 62.8 Å². The summed E-state index contributed by atoms with van der Waals surface area (Å²) in [5.74, 6) is 0. The molecule has 6 nitrogen and oxygen atoms in total. The van der Waals surface area contributed by atoms with Crippen molar-refractivity contribution >= 4 is 0 Å². The van der Waals surface area contributed by atoms with Crippen LogP contribution in [0.15, 0.2) is 0 Å². The van der Waals surface area contributed by atoms with Gasteiger partial charge in [0, 0.05) is 37.8 Å². The van der Waals surface area contributed by atoms with Crippen LogP contribution in [0.2, 0.25) is 0 Å². The van der Waals surface area contributed by atoms with E-state index < -0.39 is 0 Å². The van der Waals surface area contributed by atoms with Crippen molar-refractivity contribution < 1.29 is 0 Å². The third-order valence-electron chi connectivity index (χ3n) is 5.00. The number of nitrogens with zero attached hydrogens (tertiary/aromatic N) is 6. The van der Waals surface area contributed by atoms with Gasteiger partial charge in [0.1, 0.15) is 0 Å². The van der Waals surface area contributed by atoms with Crippen LogP contribution >= 0.6 is 0 Å². The van der Waals surface area contributed by atoms with E-state index in [0.717, 1.165) is 26.7 Å². The fourth-order valence-corrected chi connectivity index (χ4v) is 3.36. The monoisotopic (exact) mass is 356 g/mol. The molecule has 0 aromatic rings. The molecule has 6 heteroatoms. The summed E-state index contributed by atoms with van der Waals surface area (Å²) in [5.41, 5.74) is 0.291. The Morgan fingerprint density at radius 1 is 0.600 bits per heavy atom. The standard InChI is InChI=1S/C10H23N3.C9H21N3/c1-10(2,3)13-7-6-11(4)8-12(5)9-13;1-9(2)12-6-5-10(3)7-11(4)8-12/h6-9H2,1-5H3;9H,5-8H2,1-4H3. The molecule has 2 rings (SSSR count). The van der Waals surface area contributed by atoms with Crippen LogP contribution in [0.3, 0.4) is 0 Å². The minimum atomic E-state index is 0.291. The Bertz CT molecular complexity index is 367. The first-order valence-corrected chi connectivity index (χ1v) is 9.72. The van der Waals surface area contributed by atoms with Crippen LogP contribution in [0, 0.1) is 0 Å². The highest BCUT2D eigenvalue weighted by Crippen LogP contribution is 2.15. The average Bonchev–Trinajstić information content (AvgIpc) is 2.74. The minimum Gasteiger partial charge on any atom is -0.292 e. The van der Waals surface area contributed by atoms with Gasteiger partial charge < -0.3 is 0 Å². The van der Waals surface area contributed by atoms with Gasteiger partial charge in [-0.15, -0.1) is 0 Å². The summed E-state index contributed by atoms with van der Waals surface area (Å²) in [7, 11) is 8.72. The third-order valence-corrected chi connectivity index (χ3v) is 5.00. The predicted octanol–water partition coefficient (Wildman–Crippen LogP) is 1.37. The fourth-order valence-electron chi connectivity index (χ4n) is 3.36. The van der Waals surface area contributed by atoms with Crippen LogP contribution in [0.1, 0.15) is 34.6 Å². The maximum atomic E-state index is 2.52. The zero-order valence-electron chi connectivity index (χ0n) is 18.4. The van der Waals surface area contributed by atoms with Gasteiger partial charge in [-0.3, -0.25) is 29.4 Å². The van der Waals surface area contributed by atoms with Crippen molar-refractivity contribution in [3.05, 3.63) is 0 Å². The first-order chi connectivity index (χ1) is 11.5. The van der Waals surface area contributed by atoms with Crippen molar-refractivity contribution in [3.63, 3.8) is 0 Å². The maximum absolute atomic E-state index is 2.52. The van der Waals surface area contributed by atoms with Crippen LogP contribution < -0.4 is 0 Å². The molecule has 0 aromatic carbocycles. The Kier molecular flexibility index (Phi) is 9.29. The molecule has 0 amide bonds. The number of likely N-dealkylation sites (N-methyl/N-ethyl adjacent to an activating group) is 2. The van der Waals surface area contributed by atoms with Crippen molar-refractivity contribution in [2.75, 3.05) is 81.0 Å². The summed E-state index contributed by atoms with van der Waals surface area (Å²) in [6.07, 6.45) is 0. The summed E-state index contributed by atoms with van der Waals surface area (Å²) >= 11 is 0. The van der Waals surface area contributed by atoms with Gasteiger partial charge in [0.25, 0.3) is 0 Å². The Labute approximate surface area is 157 Å². The van der Waals surface area contributed by atoms with Crippen LogP contribution in [0.5, 0.6) is 0 Å². The van der Waals surface area contributed by atoms with E-state index in [2.05, 4.69) is 92.2 Å². The lowest BCUT2D eigenvalue weighted by Crippen LogP contribution is -2.46. The molecule has 0 aromatic heterocycles. The molecule has 2 aliphatic heterocycles. The minimum absolute atomic E-state index is 0.291. The third kappa shape index (κ3) is 8.80. The highest BCUT2D eigenvalue weighted by atomic mass is 15.4. The summed E-state index contributed by atoms with van der Waals surface area (Å²) < 4.78 is 0. The Hall–Kier alpha value is -0.240. The SMILES string of the molecule is CC(C)N1CCN(C)CN(C)C1.CN1CCN(C(C)(C)C)CN(C)C1. The lowest BCUT2D eigenvalue weighted by Gasteiger charge is -2.36. The van der Waals surface area contributed by atoms with Crippen molar-refractivity contribution in [3.8, 4) is 0 Å². The first kappa shape index (κ1) is 22.8. The second-order valence-electron chi connectivity index (χ2n) is 9.28. The van der Waals surface area contributed by atoms with Crippen LogP contribution in [0.25, 0.3) is 0 Å². The molecule has 0 spiro atoms. The molecule has 2 aliphatic rings. The molecule has 0 bridgehead atoms. The molecule has 0 unspecified atom stereocenters. The fraction of sp³-hybridized carbons (Fsp3) is 1.00. The van der Waals surface area contributed by atoms with E-state index in [-0.39, 0.29) is 0 Å². The van der Waals surface area contributed by atoms with Crippen LogP contribution in [-0.4, -0.2) is 122 Å². The van der Waals surface area contributed by atoms with E-state index in [9.17, 15) is 0 Å². The van der Waals surface area contributed by atoms with E-state index in [1.165, 1.54) is 26.2 Å². The van der Waals surface area contributed by atoms with Crippen molar-refractivity contribution in [2.45, 2.75) is 46.2 Å².